The van der Waals surface area contributed by atoms with Crippen LogP contribution < -0.4 is 4.52 Å². The van der Waals surface area contributed by atoms with Crippen molar-refractivity contribution in [1.82, 2.24) is 0 Å². The summed E-state index contributed by atoms with van der Waals surface area (Å²) in [5, 5.41) is 0. The molecule has 1 atom stereocenters. The summed E-state index contributed by atoms with van der Waals surface area (Å²) in [6, 6.07) is 4.47. The molecule has 6 nitrogen and oxygen atoms in total. The van der Waals surface area contributed by atoms with E-state index in [1.165, 1.54) is 12.1 Å². The van der Waals surface area contributed by atoms with Gasteiger partial charge >= 0.3 is 8.25 Å². The molecule has 0 aliphatic carbocycles. The van der Waals surface area contributed by atoms with Crippen LogP contribution in [0.1, 0.15) is 0 Å². The summed E-state index contributed by atoms with van der Waals surface area (Å²) in [7, 11) is -7.33. The Morgan fingerprint density at radius 2 is 1.67 bits per heavy atom. The van der Waals surface area contributed by atoms with Crippen LogP contribution in [0.15, 0.2) is 29.2 Å². The van der Waals surface area contributed by atoms with Gasteiger partial charge in [-0.3, -0.25) is 4.55 Å². The van der Waals surface area contributed by atoms with Crippen LogP contribution >= 0.6 is 8.25 Å². The molecule has 0 fully saturated rings. The minimum atomic E-state index is -4.24. The minimum Gasteiger partial charge on any atom is -0.426 e. The van der Waals surface area contributed by atoms with Gasteiger partial charge in [-0.2, -0.15) is 8.42 Å². The molecule has 1 rings (SSSR count). The number of hydrogen-bond donors (Lipinski definition) is 2. The monoisotopic (exact) mass is 286 g/mol. The molecule has 1 aromatic rings. The van der Waals surface area contributed by atoms with Gasteiger partial charge in [0.1, 0.15) is 5.75 Å². The molecule has 0 radical (unpaired) electrons. The van der Waals surface area contributed by atoms with Crippen LogP contribution in [-0.2, 0) is 36.4 Å². The van der Waals surface area contributed by atoms with E-state index in [1.807, 2.05) is 0 Å². The Morgan fingerprint density at radius 1 is 1.20 bits per heavy atom. The predicted octanol–water partition coefficient (Wildman–Crippen LogP) is 0.692. The summed E-state index contributed by atoms with van der Waals surface area (Å²) >= 11 is 0. The van der Waals surface area contributed by atoms with Crippen LogP contribution in [0.5, 0.6) is 5.75 Å². The summed E-state index contributed by atoms with van der Waals surface area (Å²) in [5.74, 6) is 0.0591. The molecule has 15 heavy (non-hydrogen) atoms. The molecule has 0 spiro atoms. The summed E-state index contributed by atoms with van der Waals surface area (Å²) in [6.45, 7) is 0. The summed E-state index contributed by atoms with van der Waals surface area (Å²) < 4.78 is 44.4. The molecule has 0 amide bonds. The first-order valence-electron chi connectivity index (χ1n) is 3.38. The van der Waals surface area contributed by atoms with E-state index in [1.54, 1.807) is 0 Å². The summed E-state index contributed by atoms with van der Waals surface area (Å²) in [6.07, 6.45) is 0. The Kier molecular flexibility index (Phi) is 5.73. The Balaban J connectivity index is 0.00000196. The Morgan fingerprint density at radius 3 is 2.00 bits per heavy atom. The zero-order chi connectivity index (χ0) is 10.8. The quantitative estimate of drug-likeness (QED) is 0.481. The maximum absolute atomic E-state index is 10.6. The molecule has 0 heterocycles. The molecular weight excluding hydrogens is 279 g/mol. The van der Waals surface area contributed by atoms with Crippen LogP contribution in [0.2, 0.25) is 0 Å². The van der Waals surface area contributed by atoms with Gasteiger partial charge in [-0.25, -0.2) is 4.57 Å². The van der Waals surface area contributed by atoms with Crippen molar-refractivity contribution in [2.45, 2.75) is 4.90 Å². The molecule has 0 aliphatic heterocycles. The van der Waals surface area contributed by atoms with Crippen LogP contribution in [-0.4, -0.2) is 17.9 Å². The zero-order valence-corrected chi connectivity index (χ0v) is 10.6. The average molecular weight is 286 g/mol. The summed E-state index contributed by atoms with van der Waals surface area (Å²) in [4.78, 5) is 8.09. The molecule has 9 heteroatoms. The van der Waals surface area contributed by atoms with Crippen molar-refractivity contribution in [3.63, 3.8) is 0 Å². The molecule has 82 valence electrons. The second kappa shape index (κ2) is 5.79. The maximum atomic E-state index is 10.6. The standard InChI is InChI=1S/C6H7O6PS.Ti/c7-13(8)12-5-1-3-6(4-2-5)14(9,10)11;/h1-4,13H,(H,7,8)(H,9,10,11);. The normalized spacial score (nSPS) is 12.7. The molecule has 0 bridgehead atoms. The fourth-order valence-corrected chi connectivity index (χ4v) is 1.60. The Hall–Kier alpha value is -0.166. The van der Waals surface area contributed by atoms with E-state index in [0.29, 0.717) is 0 Å². The average Bonchev–Trinajstić information content (AvgIpc) is 2.02. The molecule has 0 aromatic heterocycles. The van der Waals surface area contributed by atoms with Gasteiger partial charge in [0.15, 0.2) is 0 Å². The van der Waals surface area contributed by atoms with E-state index in [9.17, 15) is 13.0 Å². The minimum absolute atomic E-state index is 0. The van der Waals surface area contributed by atoms with E-state index in [4.69, 9.17) is 9.45 Å². The van der Waals surface area contributed by atoms with Gasteiger partial charge in [-0.1, -0.05) is 0 Å². The topological polar surface area (TPSA) is 101 Å². The fraction of sp³-hybridized carbons (Fsp3) is 0. The van der Waals surface area contributed by atoms with Crippen molar-refractivity contribution >= 4 is 18.4 Å². The smallest absolute Gasteiger partial charge is 0.365 e. The molecule has 2 N–H and O–H groups in total. The third-order valence-corrected chi connectivity index (χ3v) is 2.60. The van der Waals surface area contributed by atoms with Crippen molar-refractivity contribution < 1.29 is 48.7 Å². The second-order valence-corrected chi connectivity index (χ2v) is 4.47. The molecule has 1 unspecified atom stereocenters. The fourth-order valence-electron chi connectivity index (χ4n) is 0.780. The summed E-state index contributed by atoms with van der Waals surface area (Å²) in [5.41, 5.74) is 0. The van der Waals surface area contributed by atoms with Gasteiger partial charge < -0.3 is 9.42 Å². The van der Waals surface area contributed by atoms with Crippen LogP contribution in [0.3, 0.4) is 0 Å². The molecule has 0 saturated heterocycles. The first-order chi connectivity index (χ1) is 6.39. The van der Waals surface area contributed by atoms with Crippen LogP contribution in [0.4, 0.5) is 0 Å². The van der Waals surface area contributed by atoms with Crippen molar-refractivity contribution in [2.75, 3.05) is 0 Å². The van der Waals surface area contributed by atoms with Gasteiger partial charge in [-0.15, -0.1) is 0 Å². The SMILES string of the molecule is O=[PH](O)Oc1ccc(S(=O)(=O)O)cc1.[Ti]. The van der Waals surface area contributed by atoms with Crippen molar-refractivity contribution in [3.05, 3.63) is 24.3 Å². The predicted molar refractivity (Wildman–Crippen MR) is 48.1 cm³/mol. The third-order valence-electron chi connectivity index (χ3n) is 1.33. The largest absolute Gasteiger partial charge is 0.426 e. The van der Waals surface area contributed by atoms with Gasteiger partial charge in [-0.05, 0) is 24.3 Å². The maximum Gasteiger partial charge on any atom is 0.365 e. The molecular formula is C6H7O6PSTi. The third kappa shape index (κ3) is 4.93. The van der Waals surface area contributed by atoms with E-state index in [2.05, 4.69) is 4.52 Å². The second-order valence-electron chi connectivity index (χ2n) is 2.31. The number of rotatable bonds is 3. The zero-order valence-electron chi connectivity index (χ0n) is 7.25. The Bertz CT molecular complexity index is 441. The van der Waals surface area contributed by atoms with E-state index >= 15 is 0 Å². The van der Waals surface area contributed by atoms with E-state index < -0.39 is 18.4 Å². The molecule has 0 aliphatic rings. The van der Waals surface area contributed by atoms with Crippen molar-refractivity contribution in [2.24, 2.45) is 0 Å². The van der Waals surface area contributed by atoms with Crippen LogP contribution in [0.25, 0.3) is 0 Å². The van der Waals surface area contributed by atoms with Crippen molar-refractivity contribution in [1.29, 1.82) is 0 Å². The van der Waals surface area contributed by atoms with Crippen molar-refractivity contribution in [3.8, 4) is 5.75 Å². The molecule has 0 saturated carbocycles. The van der Waals surface area contributed by atoms with Gasteiger partial charge in [0.05, 0.1) is 4.90 Å². The number of benzene rings is 1. The van der Waals surface area contributed by atoms with Gasteiger partial charge in [0.25, 0.3) is 10.1 Å². The first-order valence-corrected chi connectivity index (χ1v) is 6.08. The first kappa shape index (κ1) is 14.8. The van der Waals surface area contributed by atoms with E-state index in [-0.39, 0.29) is 32.4 Å². The van der Waals surface area contributed by atoms with Crippen LogP contribution in [0, 0.1) is 0 Å². The Labute approximate surface area is 102 Å². The molecule has 1 aromatic carbocycles. The van der Waals surface area contributed by atoms with Gasteiger partial charge in [0, 0.05) is 21.7 Å². The van der Waals surface area contributed by atoms with E-state index in [0.717, 1.165) is 12.1 Å². The number of hydrogen-bond acceptors (Lipinski definition) is 4. The van der Waals surface area contributed by atoms with Gasteiger partial charge in [0.2, 0.25) is 0 Å².